The van der Waals surface area contributed by atoms with E-state index in [1.807, 2.05) is 18.2 Å². The summed E-state index contributed by atoms with van der Waals surface area (Å²) < 4.78 is 65.3. The van der Waals surface area contributed by atoms with Crippen LogP contribution in [0, 0.1) is 11.2 Å². The van der Waals surface area contributed by atoms with Crippen LogP contribution >= 0.6 is 10.8 Å². The first-order valence-corrected chi connectivity index (χ1v) is 15.9. The molecule has 242 valence electrons. The number of hydrogen-bond acceptors (Lipinski definition) is 7. The van der Waals surface area contributed by atoms with Crippen molar-refractivity contribution in [1.29, 1.82) is 0 Å². The van der Waals surface area contributed by atoms with Gasteiger partial charge in [0.25, 0.3) is 0 Å². The van der Waals surface area contributed by atoms with Crippen LogP contribution in [0.15, 0.2) is 70.4 Å². The van der Waals surface area contributed by atoms with E-state index in [1.54, 1.807) is 12.1 Å². The van der Waals surface area contributed by atoms with Gasteiger partial charge in [0.05, 0.1) is 28.9 Å². The van der Waals surface area contributed by atoms with Gasteiger partial charge in [-0.2, -0.15) is 13.2 Å². The van der Waals surface area contributed by atoms with Gasteiger partial charge in [-0.25, -0.2) is 9.87 Å². The summed E-state index contributed by atoms with van der Waals surface area (Å²) in [7, 11) is -2.34. The van der Waals surface area contributed by atoms with Gasteiger partial charge in [0.15, 0.2) is 0 Å². The van der Waals surface area contributed by atoms with Crippen LogP contribution in [0.4, 0.5) is 17.6 Å². The highest BCUT2D eigenvalue weighted by atomic mass is 32.3. The van der Waals surface area contributed by atoms with Crippen molar-refractivity contribution in [2.75, 3.05) is 6.54 Å². The molecule has 2 heterocycles. The first-order chi connectivity index (χ1) is 20.2. The Morgan fingerprint density at radius 2 is 1.63 bits per heavy atom. The van der Waals surface area contributed by atoms with Gasteiger partial charge >= 0.3 is 6.18 Å². The predicted molar refractivity (Wildman–Crippen MR) is 163 cm³/mol. The molecule has 3 fully saturated rings. The zero-order valence-electron chi connectivity index (χ0n) is 25.4. The summed E-state index contributed by atoms with van der Waals surface area (Å²) >= 11 is 0. The predicted octanol–water partition coefficient (Wildman–Crippen LogP) is 8.00. The molecule has 2 aliphatic heterocycles. The number of nitrogens with one attached hydrogen (secondary N) is 3. The van der Waals surface area contributed by atoms with Crippen molar-refractivity contribution >= 4 is 10.8 Å². The molecule has 12 heteroatoms. The molecule has 2 aromatic rings. The summed E-state index contributed by atoms with van der Waals surface area (Å²) in [5.74, 6) is -0.380. The third kappa shape index (κ3) is 8.01. The lowest BCUT2D eigenvalue weighted by atomic mass is 9.69. The SMILES string of the molecule is CC.CC1(C)CC(NO)C1.CC1(C)CNC(C2=C=C(N(Cc3ccc(C(F)(F)F)cc3)S3(c4ccc(F)cc4)OO3)C2)N1.[HH].[HH]. The van der Waals surface area contributed by atoms with E-state index in [2.05, 4.69) is 49.5 Å². The molecule has 0 bridgehead atoms. The van der Waals surface area contributed by atoms with Crippen LogP contribution in [-0.2, 0) is 21.4 Å². The van der Waals surface area contributed by atoms with Crippen molar-refractivity contribution in [2.45, 2.75) is 96.2 Å². The van der Waals surface area contributed by atoms with E-state index < -0.39 is 22.5 Å². The smallest absolute Gasteiger partial charge is 0.317 e. The Kier molecular flexibility index (Phi) is 10.0. The Labute approximate surface area is 256 Å². The third-order valence-corrected chi connectivity index (χ3v) is 9.77. The van der Waals surface area contributed by atoms with Gasteiger partial charge in [0.1, 0.15) is 5.82 Å². The first-order valence-electron chi connectivity index (χ1n) is 14.5. The fourth-order valence-corrected chi connectivity index (χ4v) is 7.27. The number of rotatable bonds is 7. The summed E-state index contributed by atoms with van der Waals surface area (Å²) in [6, 6.07) is 11.2. The average Bonchev–Trinajstić information content (AvgIpc) is 3.64. The van der Waals surface area contributed by atoms with Gasteiger partial charge in [0.2, 0.25) is 0 Å². The number of halogens is 4. The lowest BCUT2D eigenvalue weighted by Gasteiger charge is -2.41. The van der Waals surface area contributed by atoms with Gasteiger partial charge < -0.3 is 5.21 Å². The van der Waals surface area contributed by atoms with Gasteiger partial charge in [0, 0.05) is 33.0 Å². The largest absolute Gasteiger partial charge is 0.416 e. The van der Waals surface area contributed by atoms with Gasteiger partial charge in [-0.1, -0.05) is 54.2 Å². The average molecular weight is 631 g/mol. The fraction of sp³-hybridized carbons (Fsp3) is 0.516. The van der Waals surface area contributed by atoms with Crippen molar-refractivity contribution in [2.24, 2.45) is 5.41 Å². The van der Waals surface area contributed by atoms with Crippen molar-refractivity contribution in [1.82, 2.24) is 20.4 Å². The molecule has 2 aliphatic carbocycles. The topological polar surface area (TPSA) is 84.6 Å². The molecule has 2 saturated heterocycles. The van der Waals surface area contributed by atoms with E-state index in [0.717, 1.165) is 42.8 Å². The quantitative estimate of drug-likeness (QED) is 0.0811. The minimum absolute atomic E-state index is 0. The highest BCUT2D eigenvalue weighted by Crippen LogP contribution is 2.75. The maximum Gasteiger partial charge on any atom is 0.416 e. The molecular formula is C31H46F4N4O3S. The minimum atomic E-state index is -4.40. The summed E-state index contributed by atoms with van der Waals surface area (Å²) in [5.41, 5.74) is 7.93. The maximum atomic E-state index is 13.5. The normalized spacial score (nSPS) is 23.6. The monoisotopic (exact) mass is 630 g/mol. The number of alkyl halides is 3. The van der Waals surface area contributed by atoms with Crippen molar-refractivity contribution in [3.8, 4) is 0 Å². The fourth-order valence-electron chi connectivity index (χ4n) is 5.30. The molecule has 0 amide bonds. The Morgan fingerprint density at radius 1 is 1.05 bits per heavy atom. The Hall–Kier alpha value is -2.41. The highest BCUT2D eigenvalue weighted by molar-refractivity contribution is 8.27. The van der Waals surface area contributed by atoms with E-state index in [0.29, 0.717) is 28.3 Å². The second-order valence-corrected chi connectivity index (χ2v) is 14.4. The number of nitrogens with zero attached hydrogens (tertiary/aromatic N) is 1. The molecule has 6 rings (SSSR count). The molecule has 43 heavy (non-hydrogen) atoms. The van der Waals surface area contributed by atoms with Crippen molar-refractivity contribution in [3.05, 3.63) is 82.5 Å². The summed E-state index contributed by atoms with van der Waals surface area (Å²) in [5, 5.41) is 15.3. The van der Waals surface area contributed by atoms with E-state index in [-0.39, 0.29) is 26.9 Å². The highest BCUT2D eigenvalue weighted by Gasteiger charge is 2.50. The molecule has 0 spiro atoms. The van der Waals surface area contributed by atoms with Crippen LogP contribution in [0.2, 0.25) is 0 Å². The van der Waals surface area contributed by atoms with Crippen LogP contribution in [0.3, 0.4) is 0 Å². The molecule has 1 unspecified atom stereocenters. The van der Waals surface area contributed by atoms with Crippen molar-refractivity contribution < 1.29 is 34.3 Å². The minimum Gasteiger partial charge on any atom is -0.317 e. The van der Waals surface area contributed by atoms with Crippen LogP contribution in [-0.4, -0.2) is 33.8 Å². The zero-order chi connectivity index (χ0) is 31.6. The van der Waals surface area contributed by atoms with Crippen LogP contribution in [0.25, 0.3) is 0 Å². The molecule has 7 nitrogen and oxygen atoms in total. The van der Waals surface area contributed by atoms with Gasteiger partial charge in [-0.05, 0) is 84.8 Å². The summed E-state index contributed by atoms with van der Waals surface area (Å²) in [6.45, 7) is 13.7. The number of benzene rings is 2. The summed E-state index contributed by atoms with van der Waals surface area (Å²) in [4.78, 5) is 0.664. The Bertz CT molecular complexity index is 1330. The molecule has 1 saturated carbocycles. The summed E-state index contributed by atoms with van der Waals surface area (Å²) in [6.07, 6.45) is -1.57. The Morgan fingerprint density at radius 3 is 2.05 bits per heavy atom. The first kappa shape index (κ1) is 33.5. The molecule has 0 radical (unpaired) electrons. The van der Waals surface area contributed by atoms with E-state index >= 15 is 0 Å². The van der Waals surface area contributed by atoms with Gasteiger partial charge in [-0.15, -0.1) is 0 Å². The maximum absolute atomic E-state index is 13.5. The molecule has 0 aromatic heterocycles. The van der Waals surface area contributed by atoms with Crippen LogP contribution in [0.1, 0.15) is 74.8 Å². The van der Waals surface area contributed by atoms with E-state index in [9.17, 15) is 17.6 Å². The molecule has 1 atom stereocenters. The van der Waals surface area contributed by atoms with E-state index in [4.69, 9.17) is 13.9 Å². The second kappa shape index (κ2) is 12.9. The lowest BCUT2D eigenvalue weighted by Crippen LogP contribution is -2.44. The standard InChI is InChI=1S/C23H23F4N3O2S.C6H13NO.C2H6.2H2/c1-22(2)14-28-21(29-22)16-11-19(12-16)30(13-15-3-5-17(6-4-15)23(25,26)27)33(31-32-33)20-9-7-18(24)8-10-20;1-6(2)3-5(4-6)7-8;1-2;;/h3-10,21,28-29H,11,13-14H2,1-2H3;5,7-8H,3-4H2,1-2H3;1-2H3;2*1H. The number of hydroxylamine groups is 1. The molecule has 2 aromatic carbocycles. The van der Waals surface area contributed by atoms with Crippen molar-refractivity contribution in [3.63, 3.8) is 0 Å². The molecular weight excluding hydrogens is 584 g/mol. The third-order valence-electron chi connectivity index (χ3n) is 7.58. The zero-order valence-corrected chi connectivity index (χ0v) is 26.3. The lowest BCUT2D eigenvalue weighted by molar-refractivity contribution is -0.137. The molecule has 4 N–H and O–H groups in total. The van der Waals surface area contributed by atoms with Crippen LogP contribution < -0.4 is 16.1 Å². The molecule has 4 aliphatic rings. The van der Waals surface area contributed by atoms with Crippen LogP contribution in [0.5, 0.6) is 0 Å². The van der Waals surface area contributed by atoms with Gasteiger partial charge in [-0.3, -0.25) is 14.9 Å². The van der Waals surface area contributed by atoms with E-state index in [1.165, 1.54) is 24.3 Å². The number of hydrogen-bond donors (Lipinski definition) is 4. The second-order valence-electron chi connectivity index (χ2n) is 12.3. The Balaban J connectivity index is 0.000000509.